The lowest BCUT2D eigenvalue weighted by Gasteiger charge is -2.28. The summed E-state index contributed by atoms with van der Waals surface area (Å²) in [6, 6.07) is 71.8. The van der Waals surface area contributed by atoms with Crippen molar-refractivity contribution >= 4 is 60.5 Å². The molecular weight excluding hydrogens is 631 g/mol. The smallest absolute Gasteiger partial charge is 0.143 e. The number of hydrogen-bond acceptors (Lipinski definition) is 2. The molecule has 0 aliphatic carbocycles. The Morgan fingerprint density at radius 1 is 0.327 bits per heavy atom. The van der Waals surface area contributed by atoms with E-state index in [2.05, 4.69) is 193 Å². The summed E-state index contributed by atoms with van der Waals surface area (Å²) >= 11 is 0. The van der Waals surface area contributed by atoms with Crippen LogP contribution in [0.4, 0.5) is 17.1 Å². The molecule has 0 amide bonds. The fourth-order valence-corrected chi connectivity index (χ4v) is 7.63. The Labute approximate surface area is 302 Å². The molecule has 0 aliphatic heterocycles. The van der Waals surface area contributed by atoms with E-state index < -0.39 is 0 Å². The zero-order chi connectivity index (χ0) is 34.4. The van der Waals surface area contributed by atoms with Crippen molar-refractivity contribution < 1.29 is 4.42 Å². The molecule has 0 unspecified atom stereocenters. The molecule has 10 rings (SSSR count). The molecule has 0 radical (unpaired) electrons. The van der Waals surface area contributed by atoms with Gasteiger partial charge in [0.05, 0.1) is 5.69 Å². The normalized spacial score (nSPS) is 11.5. The Bertz CT molecular complexity index is 2900. The standard InChI is InChI=1S/C50H33NO/c1-3-12-38-32-40(22-20-34(38)10-1)36-24-28-42(29-25-36)51(48-18-7-5-14-44(48)41-23-21-35-11-2-4-13-39(35)33-41)43-30-26-37(27-31-43)45-16-9-17-47-46-15-6-8-19-49(46)52-50(45)47/h1-33H. The van der Waals surface area contributed by atoms with E-state index in [9.17, 15) is 0 Å². The van der Waals surface area contributed by atoms with Crippen molar-refractivity contribution in [2.45, 2.75) is 0 Å². The Morgan fingerprint density at radius 2 is 0.846 bits per heavy atom. The predicted octanol–water partition coefficient (Wildman–Crippen LogP) is 14.4. The van der Waals surface area contributed by atoms with Gasteiger partial charge in [-0.25, -0.2) is 0 Å². The highest BCUT2D eigenvalue weighted by atomic mass is 16.3. The average molecular weight is 664 g/mol. The van der Waals surface area contributed by atoms with E-state index in [4.69, 9.17) is 4.42 Å². The molecule has 244 valence electrons. The van der Waals surface area contributed by atoms with Crippen LogP contribution in [0, 0.1) is 0 Å². The number of benzene rings is 9. The van der Waals surface area contributed by atoms with Crippen LogP contribution in [0.2, 0.25) is 0 Å². The van der Waals surface area contributed by atoms with Crippen LogP contribution >= 0.6 is 0 Å². The molecule has 1 heterocycles. The van der Waals surface area contributed by atoms with E-state index in [0.29, 0.717) is 0 Å². The van der Waals surface area contributed by atoms with Gasteiger partial charge in [0.2, 0.25) is 0 Å². The second kappa shape index (κ2) is 12.5. The molecule has 10 aromatic rings. The Hall–Kier alpha value is -6.90. The van der Waals surface area contributed by atoms with Crippen molar-refractivity contribution in [1.82, 2.24) is 0 Å². The SMILES string of the molecule is c1ccc(N(c2ccc(-c3ccc4ccccc4c3)cc2)c2ccc(-c3cccc4c3oc3ccccc34)cc2)c(-c2ccc3ccccc3c2)c1. The Morgan fingerprint density at radius 3 is 1.58 bits per heavy atom. The van der Waals surface area contributed by atoms with Crippen LogP contribution in [0.25, 0.3) is 76.9 Å². The number of fused-ring (bicyclic) bond motifs is 5. The van der Waals surface area contributed by atoms with Crippen LogP contribution in [-0.4, -0.2) is 0 Å². The topological polar surface area (TPSA) is 16.4 Å². The maximum Gasteiger partial charge on any atom is 0.143 e. The molecule has 2 heteroatoms. The quantitative estimate of drug-likeness (QED) is 0.176. The van der Waals surface area contributed by atoms with Gasteiger partial charge in [-0.2, -0.15) is 0 Å². The molecule has 0 spiro atoms. The van der Waals surface area contributed by atoms with Gasteiger partial charge in [0.25, 0.3) is 0 Å². The first-order valence-electron chi connectivity index (χ1n) is 17.8. The number of hydrogen-bond donors (Lipinski definition) is 0. The van der Waals surface area contributed by atoms with E-state index in [0.717, 1.165) is 50.1 Å². The molecule has 0 saturated carbocycles. The molecule has 1 aromatic heterocycles. The lowest BCUT2D eigenvalue weighted by atomic mass is 9.97. The minimum atomic E-state index is 0.908. The van der Waals surface area contributed by atoms with Crippen LogP contribution in [0.5, 0.6) is 0 Å². The molecule has 0 N–H and O–H groups in total. The summed E-state index contributed by atoms with van der Waals surface area (Å²) in [4.78, 5) is 2.38. The monoisotopic (exact) mass is 663 g/mol. The van der Waals surface area contributed by atoms with Gasteiger partial charge in [0.1, 0.15) is 11.2 Å². The second-order valence-corrected chi connectivity index (χ2v) is 13.4. The summed E-state index contributed by atoms with van der Waals surface area (Å²) in [5, 5.41) is 7.23. The third kappa shape index (κ3) is 5.21. The first-order valence-corrected chi connectivity index (χ1v) is 17.8. The van der Waals surface area contributed by atoms with Crippen LogP contribution in [0.3, 0.4) is 0 Å². The second-order valence-electron chi connectivity index (χ2n) is 13.4. The fourth-order valence-electron chi connectivity index (χ4n) is 7.63. The highest BCUT2D eigenvalue weighted by molar-refractivity contribution is 6.09. The van der Waals surface area contributed by atoms with Crippen LogP contribution in [0.15, 0.2) is 205 Å². The first kappa shape index (κ1) is 30.0. The first-order chi connectivity index (χ1) is 25.8. The number of anilines is 3. The number of para-hydroxylation sites is 3. The van der Waals surface area contributed by atoms with E-state index in [1.807, 2.05) is 12.1 Å². The van der Waals surface area contributed by atoms with Crippen molar-refractivity contribution in [2.24, 2.45) is 0 Å². The van der Waals surface area contributed by atoms with Gasteiger partial charge in [-0.3, -0.25) is 0 Å². The molecule has 0 fully saturated rings. The third-order valence-electron chi connectivity index (χ3n) is 10.3. The minimum absolute atomic E-state index is 0.908. The predicted molar refractivity (Wildman–Crippen MR) is 220 cm³/mol. The average Bonchev–Trinajstić information content (AvgIpc) is 3.60. The van der Waals surface area contributed by atoms with Gasteiger partial charge < -0.3 is 9.32 Å². The number of furan rings is 1. The highest BCUT2D eigenvalue weighted by Crippen LogP contribution is 2.43. The molecule has 0 saturated heterocycles. The van der Waals surface area contributed by atoms with Crippen LogP contribution in [0.1, 0.15) is 0 Å². The van der Waals surface area contributed by atoms with Crippen molar-refractivity contribution in [1.29, 1.82) is 0 Å². The van der Waals surface area contributed by atoms with Crippen LogP contribution < -0.4 is 4.90 Å². The Kier molecular flexibility index (Phi) is 7.18. The van der Waals surface area contributed by atoms with Crippen molar-refractivity contribution in [3.63, 3.8) is 0 Å². The lowest BCUT2D eigenvalue weighted by Crippen LogP contribution is -2.11. The molecule has 0 bridgehead atoms. The van der Waals surface area contributed by atoms with Crippen molar-refractivity contribution in [3.05, 3.63) is 200 Å². The van der Waals surface area contributed by atoms with Gasteiger partial charge in [0, 0.05) is 33.3 Å². The van der Waals surface area contributed by atoms with E-state index in [1.54, 1.807) is 0 Å². The zero-order valence-corrected chi connectivity index (χ0v) is 28.4. The summed E-state index contributed by atoms with van der Waals surface area (Å²) in [5.74, 6) is 0. The van der Waals surface area contributed by atoms with E-state index in [-0.39, 0.29) is 0 Å². The fraction of sp³-hybridized carbons (Fsp3) is 0. The van der Waals surface area contributed by atoms with Gasteiger partial charge >= 0.3 is 0 Å². The maximum absolute atomic E-state index is 6.41. The number of rotatable bonds is 6. The van der Waals surface area contributed by atoms with E-state index in [1.165, 1.54) is 43.8 Å². The number of nitrogens with zero attached hydrogens (tertiary/aromatic N) is 1. The molecule has 52 heavy (non-hydrogen) atoms. The highest BCUT2D eigenvalue weighted by Gasteiger charge is 2.19. The maximum atomic E-state index is 6.41. The summed E-state index contributed by atoms with van der Waals surface area (Å²) in [6.07, 6.45) is 0. The molecule has 2 nitrogen and oxygen atoms in total. The van der Waals surface area contributed by atoms with Gasteiger partial charge in [0.15, 0.2) is 0 Å². The molecule has 9 aromatic carbocycles. The third-order valence-corrected chi connectivity index (χ3v) is 10.3. The van der Waals surface area contributed by atoms with Crippen molar-refractivity contribution in [3.8, 4) is 33.4 Å². The van der Waals surface area contributed by atoms with Crippen LogP contribution in [-0.2, 0) is 0 Å². The molecular formula is C50H33NO. The van der Waals surface area contributed by atoms with Crippen molar-refractivity contribution in [2.75, 3.05) is 4.90 Å². The zero-order valence-electron chi connectivity index (χ0n) is 28.4. The van der Waals surface area contributed by atoms with Gasteiger partial charge in [-0.05, 0) is 92.3 Å². The van der Waals surface area contributed by atoms with Gasteiger partial charge in [-0.1, -0.05) is 152 Å². The summed E-state index contributed by atoms with van der Waals surface area (Å²) < 4.78 is 6.41. The minimum Gasteiger partial charge on any atom is -0.455 e. The largest absolute Gasteiger partial charge is 0.455 e. The van der Waals surface area contributed by atoms with E-state index >= 15 is 0 Å². The van der Waals surface area contributed by atoms with Gasteiger partial charge in [-0.15, -0.1) is 0 Å². The summed E-state index contributed by atoms with van der Waals surface area (Å²) in [7, 11) is 0. The molecule has 0 aliphatic rings. The summed E-state index contributed by atoms with van der Waals surface area (Å²) in [6.45, 7) is 0. The summed E-state index contributed by atoms with van der Waals surface area (Å²) in [5.41, 5.74) is 12.0. The lowest BCUT2D eigenvalue weighted by molar-refractivity contribution is 0.670. The molecule has 0 atom stereocenters. The Balaban J connectivity index is 1.10.